The number of allylic oxidation sites excluding steroid dienone is 2. The first kappa shape index (κ1) is 32.9. The number of rotatable bonds is 11. The highest BCUT2D eigenvalue weighted by Gasteiger charge is 2.20. The van der Waals surface area contributed by atoms with Gasteiger partial charge in [0.15, 0.2) is 23.1 Å². The predicted octanol–water partition coefficient (Wildman–Crippen LogP) is 7.55. The summed E-state index contributed by atoms with van der Waals surface area (Å²) in [6, 6.07) is 9.29. The molecule has 1 fully saturated rings. The fourth-order valence-electron chi connectivity index (χ4n) is 4.78. The van der Waals surface area contributed by atoms with Crippen LogP contribution in [0.2, 0.25) is 0 Å². The number of halogens is 2. The number of nitrogens with one attached hydrogen (secondary N) is 2. The van der Waals surface area contributed by atoms with E-state index in [0.29, 0.717) is 23.0 Å². The minimum atomic E-state index is -0.442. The zero-order valence-electron chi connectivity index (χ0n) is 24.9. The summed E-state index contributed by atoms with van der Waals surface area (Å²) >= 11 is 2.89. The normalized spacial score (nSPS) is 13.5. The largest absolute Gasteiger partial charge is 0.494 e. The topological polar surface area (TPSA) is 111 Å². The van der Waals surface area contributed by atoms with Crippen LogP contribution in [0.25, 0.3) is 0 Å². The number of carbonyl (C=O) groups excluding carboxylic acids is 1. The van der Waals surface area contributed by atoms with Gasteiger partial charge >= 0.3 is 0 Å². The maximum absolute atomic E-state index is 13.4. The highest BCUT2D eigenvalue weighted by Crippen LogP contribution is 2.35. The van der Waals surface area contributed by atoms with Crippen LogP contribution in [-0.2, 0) is 17.6 Å². The molecule has 0 bridgehead atoms. The number of ether oxygens (including phenoxy) is 2. The lowest BCUT2D eigenvalue weighted by Gasteiger charge is -2.18. The molecule has 1 saturated carbocycles. The molecule has 2 heterocycles. The third-order valence-corrected chi connectivity index (χ3v) is 8.52. The van der Waals surface area contributed by atoms with Crippen molar-refractivity contribution in [1.29, 1.82) is 0 Å². The van der Waals surface area contributed by atoms with Gasteiger partial charge in [0.05, 0.1) is 20.6 Å². The Kier molecular flexibility index (Phi) is 12.5. The predicted molar refractivity (Wildman–Crippen MR) is 170 cm³/mol. The van der Waals surface area contributed by atoms with Gasteiger partial charge in [-0.3, -0.25) is 4.79 Å². The van der Waals surface area contributed by atoms with Crippen LogP contribution in [0.5, 0.6) is 11.5 Å². The molecule has 2 aromatic heterocycles. The van der Waals surface area contributed by atoms with Gasteiger partial charge in [0, 0.05) is 18.0 Å². The van der Waals surface area contributed by atoms with Crippen molar-refractivity contribution in [2.24, 2.45) is 0 Å². The minimum absolute atomic E-state index is 0.134. The van der Waals surface area contributed by atoms with Crippen molar-refractivity contribution in [2.75, 3.05) is 24.9 Å². The van der Waals surface area contributed by atoms with Crippen molar-refractivity contribution in [3.05, 3.63) is 81.5 Å². The van der Waals surface area contributed by atoms with Crippen molar-refractivity contribution in [1.82, 2.24) is 20.4 Å². The van der Waals surface area contributed by atoms with Gasteiger partial charge in [-0.1, -0.05) is 67.1 Å². The number of nitrogens with zero attached hydrogens (tertiary/aromatic N) is 4. The smallest absolute Gasteiger partial charge is 0.230 e. The Morgan fingerprint density at radius 2 is 1.57 bits per heavy atom. The number of hydrogen-bond acceptors (Lipinski definition) is 10. The van der Waals surface area contributed by atoms with E-state index in [1.165, 1.54) is 74.4 Å². The SMILES string of the molecule is CC/C=C(\Cc1ccc(F)c(OC)c1)Nc1nncs1.COc1cc(CC(=O)Nc2nnc(C3CCCCC3)s2)ccc1F. The number of aromatic nitrogens is 4. The maximum Gasteiger partial charge on any atom is 0.230 e. The summed E-state index contributed by atoms with van der Waals surface area (Å²) in [5.41, 5.74) is 4.34. The van der Waals surface area contributed by atoms with Crippen LogP contribution in [-0.4, -0.2) is 40.5 Å². The van der Waals surface area contributed by atoms with E-state index >= 15 is 0 Å². The van der Waals surface area contributed by atoms with Crippen LogP contribution in [0.4, 0.5) is 19.0 Å². The highest BCUT2D eigenvalue weighted by molar-refractivity contribution is 7.15. The van der Waals surface area contributed by atoms with E-state index in [4.69, 9.17) is 9.47 Å². The minimum Gasteiger partial charge on any atom is -0.494 e. The molecule has 9 nitrogen and oxygen atoms in total. The molecule has 44 heavy (non-hydrogen) atoms. The summed E-state index contributed by atoms with van der Waals surface area (Å²) < 4.78 is 36.7. The quantitative estimate of drug-likeness (QED) is 0.173. The van der Waals surface area contributed by atoms with Crippen LogP contribution in [0.15, 0.2) is 53.7 Å². The van der Waals surface area contributed by atoms with Crippen molar-refractivity contribution in [3.63, 3.8) is 0 Å². The van der Waals surface area contributed by atoms with E-state index in [2.05, 4.69) is 44.0 Å². The monoisotopic (exact) mass is 642 g/mol. The van der Waals surface area contributed by atoms with Crippen LogP contribution >= 0.6 is 22.7 Å². The van der Waals surface area contributed by atoms with Crippen LogP contribution in [0, 0.1) is 11.6 Å². The van der Waals surface area contributed by atoms with Crippen molar-refractivity contribution >= 4 is 38.8 Å². The first-order chi connectivity index (χ1) is 21.4. The zero-order valence-corrected chi connectivity index (χ0v) is 26.6. The fraction of sp³-hybridized carbons (Fsp3) is 0.387. The molecule has 5 rings (SSSR count). The molecule has 1 aliphatic carbocycles. The lowest BCUT2D eigenvalue weighted by atomic mass is 9.90. The number of amides is 1. The average molecular weight is 643 g/mol. The molecule has 1 amide bonds. The van der Waals surface area contributed by atoms with Crippen LogP contribution < -0.4 is 20.1 Å². The molecule has 1 aliphatic rings. The second-order valence-electron chi connectivity index (χ2n) is 10.1. The standard InChI is InChI=1S/C17H20FN3O2S.C14H16FN3OS/c1-23-14-9-11(7-8-13(14)18)10-15(22)19-17-21-20-16(24-17)12-5-3-2-4-6-12;1-3-4-11(17-14-18-16-9-20-14)7-10-5-6-12(15)13(8-10)19-2/h7-9,12H,2-6,10H2,1H3,(H,19,21,22);4-6,8-9H,3,7H2,1-2H3,(H,17,18)/b;11-4+. The second-order valence-corrected chi connectivity index (χ2v) is 12.0. The van der Waals surface area contributed by atoms with Crippen molar-refractivity contribution in [3.8, 4) is 11.5 Å². The molecule has 2 N–H and O–H groups in total. The summed E-state index contributed by atoms with van der Waals surface area (Å²) in [5, 5.41) is 24.3. The maximum atomic E-state index is 13.4. The van der Waals surface area contributed by atoms with Crippen molar-refractivity contribution in [2.45, 2.75) is 64.2 Å². The van der Waals surface area contributed by atoms with E-state index in [0.717, 1.165) is 40.7 Å². The Balaban J connectivity index is 0.000000204. The Hall–Kier alpha value is -3.97. The van der Waals surface area contributed by atoms with E-state index in [1.54, 1.807) is 23.7 Å². The molecule has 2 aromatic carbocycles. The molecule has 4 aromatic rings. The number of hydrogen-bond donors (Lipinski definition) is 2. The van der Waals surface area contributed by atoms with Gasteiger partial charge in [0.2, 0.25) is 16.2 Å². The summed E-state index contributed by atoms with van der Waals surface area (Å²) in [4.78, 5) is 12.1. The third kappa shape index (κ3) is 9.78. The lowest BCUT2D eigenvalue weighted by Crippen LogP contribution is -2.14. The van der Waals surface area contributed by atoms with Gasteiger partial charge in [-0.15, -0.1) is 20.4 Å². The molecule has 0 atom stereocenters. The highest BCUT2D eigenvalue weighted by atomic mass is 32.1. The Morgan fingerprint density at radius 3 is 2.16 bits per heavy atom. The Morgan fingerprint density at radius 1 is 0.909 bits per heavy atom. The number of methoxy groups -OCH3 is 2. The molecular weight excluding hydrogens is 607 g/mol. The zero-order chi connectivity index (χ0) is 31.3. The summed E-state index contributed by atoms with van der Waals surface area (Å²) in [6.45, 7) is 2.06. The molecular formula is C31H36F2N6O3S2. The molecule has 0 unspecified atom stereocenters. The molecule has 0 aliphatic heterocycles. The van der Waals surface area contributed by atoms with Crippen LogP contribution in [0.3, 0.4) is 0 Å². The van der Waals surface area contributed by atoms with E-state index < -0.39 is 5.82 Å². The molecule has 13 heteroatoms. The fourth-order valence-corrected chi connectivity index (χ4v) is 6.18. The van der Waals surface area contributed by atoms with Gasteiger partial charge < -0.3 is 20.1 Å². The Labute approximate surface area is 263 Å². The van der Waals surface area contributed by atoms with Gasteiger partial charge in [-0.2, -0.15) is 0 Å². The molecule has 0 radical (unpaired) electrons. The molecule has 0 saturated heterocycles. The second kappa shape index (κ2) is 16.8. The van der Waals surface area contributed by atoms with Gasteiger partial charge in [0.25, 0.3) is 0 Å². The summed E-state index contributed by atoms with van der Waals surface area (Å²) in [5.74, 6) is -0.124. The Bertz CT molecular complexity index is 1520. The van der Waals surface area contributed by atoms with Gasteiger partial charge in [0.1, 0.15) is 10.5 Å². The lowest BCUT2D eigenvalue weighted by molar-refractivity contribution is -0.115. The van der Waals surface area contributed by atoms with Crippen LogP contribution in [0.1, 0.15) is 67.5 Å². The summed E-state index contributed by atoms with van der Waals surface area (Å²) in [6.07, 6.45) is 9.84. The third-order valence-electron chi connectivity index (χ3n) is 6.91. The van der Waals surface area contributed by atoms with Gasteiger partial charge in [-0.25, -0.2) is 8.78 Å². The van der Waals surface area contributed by atoms with Crippen molar-refractivity contribution < 1.29 is 23.0 Å². The number of anilines is 2. The van der Waals surface area contributed by atoms with E-state index in [-0.39, 0.29) is 29.6 Å². The molecule has 234 valence electrons. The van der Waals surface area contributed by atoms with Gasteiger partial charge in [-0.05, 0) is 54.7 Å². The molecule has 0 spiro atoms. The first-order valence-electron chi connectivity index (χ1n) is 14.4. The van der Waals surface area contributed by atoms with E-state index in [9.17, 15) is 13.6 Å². The number of benzene rings is 2. The first-order valence-corrected chi connectivity index (χ1v) is 16.1. The van der Waals surface area contributed by atoms with E-state index in [1.807, 2.05) is 0 Å². The number of carbonyl (C=O) groups is 1. The average Bonchev–Trinajstić information content (AvgIpc) is 3.72. The summed E-state index contributed by atoms with van der Waals surface area (Å²) in [7, 11) is 2.86.